The quantitative estimate of drug-likeness (QED) is 0.649. The lowest BCUT2D eigenvalue weighted by molar-refractivity contribution is 0.0108. The molecular weight excluding hydrogens is 216 g/mol. The molecule has 0 aliphatic carbocycles. The largest absolute Gasteiger partial charge is 0.383 e. The monoisotopic (exact) mass is 244 g/mol. The highest BCUT2D eigenvalue weighted by Crippen LogP contribution is 2.15. The summed E-state index contributed by atoms with van der Waals surface area (Å²) in [4.78, 5) is 2.53. The van der Waals surface area contributed by atoms with Crippen LogP contribution in [0.15, 0.2) is 0 Å². The van der Waals surface area contributed by atoms with Crippen LogP contribution >= 0.6 is 0 Å². The van der Waals surface area contributed by atoms with Crippen LogP contribution < -0.4 is 5.32 Å². The number of piperidine rings is 1. The molecule has 0 aromatic heterocycles. The highest BCUT2D eigenvalue weighted by atomic mass is 16.5. The van der Waals surface area contributed by atoms with Gasteiger partial charge in [-0.1, -0.05) is 6.92 Å². The molecule has 1 rings (SSSR count). The molecule has 1 N–H and O–H groups in total. The zero-order valence-corrected chi connectivity index (χ0v) is 11.6. The predicted molar refractivity (Wildman–Crippen MR) is 70.4 cm³/mol. The van der Waals surface area contributed by atoms with Gasteiger partial charge in [-0.25, -0.2) is 0 Å². The first kappa shape index (κ1) is 14.9. The summed E-state index contributed by atoms with van der Waals surface area (Å²) in [5, 5.41) is 3.49. The van der Waals surface area contributed by atoms with Gasteiger partial charge in [-0.2, -0.15) is 0 Å². The molecule has 1 unspecified atom stereocenters. The van der Waals surface area contributed by atoms with Gasteiger partial charge in [-0.05, 0) is 25.8 Å². The van der Waals surface area contributed by atoms with E-state index >= 15 is 0 Å². The van der Waals surface area contributed by atoms with Crippen molar-refractivity contribution in [3.05, 3.63) is 0 Å². The molecule has 1 heterocycles. The fourth-order valence-electron chi connectivity index (χ4n) is 2.41. The lowest BCUT2D eigenvalue weighted by Gasteiger charge is -2.37. The van der Waals surface area contributed by atoms with Crippen LogP contribution in [-0.2, 0) is 9.47 Å². The van der Waals surface area contributed by atoms with Crippen molar-refractivity contribution in [2.75, 3.05) is 47.0 Å². The maximum Gasteiger partial charge on any atom is 0.0630 e. The average Bonchev–Trinajstić information content (AvgIpc) is 2.38. The van der Waals surface area contributed by atoms with Crippen LogP contribution in [0.5, 0.6) is 0 Å². The van der Waals surface area contributed by atoms with Crippen LogP contribution in [0.1, 0.15) is 26.2 Å². The number of hydrogen-bond donors (Lipinski definition) is 1. The van der Waals surface area contributed by atoms with Crippen LogP contribution in [0.25, 0.3) is 0 Å². The second-order valence-corrected chi connectivity index (χ2v) is 4.78. The third-order valence-corrected chi connectivity index (χ3v) is 3.49. The van der Waals surface area contributed by atoms with E-state index in [-0.39, 0.29) is 0 Å². The summed E-state index contributed by atoms with van der Waals surface area (Å²) in [6.45, 7) is 7.38. The fraction of sp³-hybridized carbons (Fsp3) is 1.00. The third kappa shape index (κ3) is 5.34. The summed E-state index contributed by atoms with van der Waals surface area (Å²) < 4.78 is 10.7. The number of rotatable bonds is 8. The van der Waals surface area contributed by atoms with Crippen molar-refractivity contribution in [3.63, 3.8) is 0 Å². The topological polar surface area (TPSA) is 33.7 Å². The Hall–Kier alpha value is -0.160. The van der Waals surface area contributed by atoms with Crippen LogP contribution in [0.3, 0.4) is 0 Å². The number of hydrogen-bond acceptors (Lipinski definition) is 4. The normalized spacial score (nSPS) is 20.6. The Kier molecular flexibility index (Phi) is 7.77. The predicted octanol–water partition coefficient (Wildman–Crippen LogP) is 1.11. The van der Waals surface area contributed by atoms with E-state index in [4.69, 9.17) is 9.47 Å². The van der Waals surface area contributed by atoms with Gasteiger partial charge < -0.3 is 14.8 Å². The van der Waals surface area contributed by atoms with Crippen molar-refractivity contribution >= 4 is 0 Å². The second-order valence-electron chi connectivity index (χ2n) is 4.78. The summed E-state index contributed by atoms with van der Waals surface area (Å²) >= 11 is 0. The first-order valence-electron chi connectivity index (χ1n) is 6.78. The van der Waals surface area contributed by atoms with Crippen molar-refractivity contribution in [1.82, 2.24) is 10.2 Å². The Labute approximate surface area is 106 Å². The number of ether oxygens (including phenoxy) is 2. The Morgan fingerprint density at radius 3 is 2.53 bits per heavy atom. The molecule has 0 radical (unpaired) electrons. The molecule has 17 heavy (non-hydrogen) atoms. The highest BCUT2D eigenvalue weighted by molar-refractivity contribution is 4.80. The maximum absolute atomic E-state index is 5.40. The summed E-state index contributed by atoms with van der Waals surface area (Å²) in [5.74, 6) is 0. The van der Waals surface area contributed by atoms with Crippen molar-refractivity contribution in [2.45, 2.75) is 38.3 Å². The van der Waals surface area contributed by atoms with E-state index < -0.39 is 0 Å². The van der Waals surface area contributed by atoms with Gasteiger partial charge in [0.15, 0.2) is 0 Å². The maximum atomic E-state index is 5.40. The second kappa shape index (κ2) is 8.86. The van der Waals surface area contributed by atoms with Crippen LogP contribution in [-0.4, -0.2) is 64.1 Å². The van der Waals surface area contributed by atoms with Crippen molar-refractivity contribution in [2.24, 2.45) is 0 Å². The SMILES string of the molecule is CCCNCC(COC)N1CCC(OC)CC1. The van der Waals surface area contributed by atoms with Crippen LogP contribution in [0.4, 0.5) is 0 Å². The van der Waals surface area contributed by atoms with Crippen LogP contribution in [0, 0.1) is 0 Å². The Morgan fingerprint density at radius 1 is 1.29 bits per heavy atom. The molecule has 0 aromatic rings. The van der Waals surface area contributed by atoms with E-state index in [1.54, 1.807) is 7.11 Å². The fourth-order valence-corrected chi connectivity index (χ4v) is 2.41. The van der Waals surface area contributed by atoms with Gasteiger partial charge in [0.05, 0.1) is 12.7 Å². The third-order valence-electron chi connectivity index (χ3n) is 3.49. The molecule has 1 saturated heterocycles. The Morgan fingerprint density at radius 2 is 2.00 bits per heavy atom. The van der Waals surface area contributed by atoms with E-state index in [1.807, 2.05) is 7.11 Å². The molecule has 1 fully saturated rings. The van der Waals surface area contributed by atoms with E-state index in [2.05, 4.69) is 17.1 Å². The van der Waals surface area contributed by atoms with Gasteiger partial charge in [-0.15, -0.1) is 0 Å². The smallest absolute Gasteiger partial charge is 0.0630 e. The van der Waals surface area contributed by atoms with Crippen molar-refractivity contribution < 1.29 is 9.47 Å². The van der Waals surface area contributed by atoms with Gasteiger partial charge in [0.2, 0.25) is 0 Å². The number of likely N-dealkylation sites (tertiary alicyclic amines) is 1. The molecule has 4 nitrogen and oxygen atoms in total. The average molecular weight is 244 g/mol. The van der Waals surface area contributed by atoms with E-state index in [0.29, 0.717) is 12.1 Å². The highest BCUT2D eigenvalue weighted by Gasteiger charge is 2.24. The Balaban J connectivity index is 2.31. The molecule has 4 heteroatoms. The molecule has 0 aromatic carbocycles. The summed E-state index contributed by atoms with van der Waals surface area (Å²) in [6, 6.07) is 0.504. The molecule has 0 saturated carbocycles. The molecule has 1 aliphatic heterocycles. The van der Waals surface area contributed by atoms with Gasteiger partial charge in [0.25, 0.3) is 0 Å². The van der Waals surface area contributed by atoms with Crippen LogP contribution in [0.2, 0.25) is 0 Å². The summed E-state index contributed by atoms with van der Waals surface area (Å²) in [7, 11) is 3.60. The first-order chi connectivity index (χ1) is 8.31. The minimum atomic E-state index is 0.457. The zero-order chi connectivity index (χ0) is 12.5. The zero-order valence-electron chi connectivity index (χ0n) is 11.6. The van der Waals surface area contributed by atoms with Gasteiger partial charge in [-0.3, -0.25) is 4.90 Å². The van der Waals surface area contributed by atoms with Crippen molar-refractivity contribution in [3.8, 4) is 0 Å². The molecule has 1 aliphatic rings. The lowest BCUT2D eigenvalue weighted by Crippen LogP contribution is -2.49. The summed E-state index contributed by atoms with van der Waals surface area (Å²) in [6.07, 6.45) is 3.93. The first-order valence-corrected chi connectivity index (χ1v) is 6.78. The lowest BCUT2D eigenvalue weighted by atomic mass is 10.1. The summed E-state index contributed by atoms with van der Waals surface area (Å²) in [5.41, 5.74) is 0. The molecular formula is C13H28N2O2. The van der Waals surface area contributed by atoms with E-state index in [1.165, 1.54) is 6.42 Å². The van der Waals surface area contributed by atoms with E-state index in [0.717, 1.165) is 45.6 Å². The van der Waals surface area contributed by atoms with Gasteiger partial charge >= 0.3 is 0 Å². The molecule has 0 spiro atoms. The van der Waals surface area contributed by atoms with Gasteiger partial charge in [0.1, 0.15) is 0 Å². The Bertz CT molecular complexity index is 182. The molecule has 0 bridgehead atoms. The standard InChI is InChI=1S/C13H28N2O2/c1-4-7-14-10-12(11-16-2)15-8-5-13(17-3)6-9-15/h12-14H,4-11H2,1-3H3. The number of nitrogens with one attached hydrogen (secondary N) is 1. The minimum absolute atomic E-state index is 0.457. The van der Waals surface area contributed by atoms with E-state index in [9.17, 15) is 0 Å². The minimum Gasteiger partial charge on any atom is -0.383 e. The van der Waals surface area contributed by atoms with Gasteiger partial charge in [0, 0.05) is 39.9 Å². The molecule has 0 amide bonds. The number of methoxy groups -OCH3 is 2. The molecule has 1 atom stereocenters. The van der Waals surface area contributed by atoms with Crippen molar-refractivity contribution in [1.29, 1.82) is 0 Å². The molecule has 102 valence electrons. The number of nitrogens with zero attached hydrogens (tertiary/aromatic N) is 1.